The Bertz CT molecular complexity index is 714. The van der Waals surface area contributed by atoms with Crippen molar-refractivity contribution in [2.24, 2.45) is 0 Å². The lowest BCUT2D eigenvalue weighted by Crippen LogP contribution is -2.19. The van der Waals surface area contributed by atoms with E-state index in [1.807, 2.05) is 38.4 Å². The van der Waals surface area contributed by atoms with Crippen molar-refractivity contribution in [1.29, 1.82) is 0 Å². The van der Waals surface area contributed by atoms with Crippen LogP contribution in [0, 0.1) is 0 Å². The van der Waals surface area contributed by atoms with Crippen molar-refractivity contribution in [2.45, 2.75) is 6.42 Å². The van der Waals surface area contributed by atoms with Crippen LogP contribution in [0.3, 0.4) is 0 Å². The van der Waals surface area contributed by atoms with Crippen LogP contribution >= 0.6 is 0 Å². The second-order valence-electron chi connectivity index (χ2n) is 6.08. The van der Waals surface area contributed by atoms with Gasteiger partial charge in [-0.1, -0.05) is 0 Å². The number of nitrogens with zero attached hydrogens (tertiary/aromatic N) is 1. The van der Waals surface area contributed by atoms with Gasteiger partial charge < -0.3 is 24.4 Å². The third-order valence-electron chi connectivity index (χ3n) is 3.78. The van der Waals surface area contributed by atoms with E-state index in [1.165, 1.54) is 0 Å². The van der Waals surface area contributed by atoms with Crippen LogP contribution in [0.1, 0.15) is 5.56 Å². The molecule has 6 heteroatoms. The maximum Gasteiger partial charge on any atom is 0.228 e. The lowest BCUT2D eigenvalue weighted by Gasteiger charge is -2.12. The molecule has 2 aromatic rings. The van der Waals surface area contributed by atoms with Gasteiger partial charge in [0.2, 0.25) is 5.91 Å². The maximum absolute atomic E-state index is 12.3. The number of hydrogen-bond acceptors (Lipinski definition) is 5. The average molecular weight is 358 g/mol. The molecule has 140 valence electrons. The summed E-state index contributed by atoms with van der Waals surface area (Å²) in [6.07, 6.45) is 0.196. The molecule has 0 fully saturated rings. The Hall–Kier alpha value is -2.73. The quantitative estimate of drug-likeness (QED) is 0.747. The van der Waals surface area contributed by atoms with E-state index in [4.69, 9.17) is 14.2 Å². The first kappa shape index (κ1) is 19.6. The van der Waals surface area contributed by atoms with E-state index in [-0.39, 0.29) is 12.3 Å². The summed E-state index contributed by atoms with van der Waals surface area (Å²) in [4.78, 5) is 14.4. The molecule has 2 aromatic carbocycles. The molecule has 0 radical (unpaired) electrons. The molecular weight excluding hydrogens is 332 g/mol. The number of carbonyl (C=O) groups excluding carboxylic acids is 1. The van der Waals surface area contributed by atoms with Gasteiger partial charge in [-0.2, -0.15) is 0 Å². The topological polar surface area (TPSA) is 60.0 Å². The Morgan fingerprint density at radius 3 is 2.31 bits per heavy atom. The van der Waals surface area contributed by atoms with E-state index >= 15 is 0 Å². The van der Waals surface area contributed by atoms with E-state index in [0.29, 0.717) is 18.1 Å². The number of hydrogen-bond donors (Lipinski definition) is 1. The number of carbonyl (C=O) groups is 1. The number of ether oxygens (including phenoxy) is 3. The number of anilines is 1. The zero-order valence-corrected chi connectivity index (χ0v) is 15.7. The van der Waals surface area contributed by atoms with Crippen LogP contribution in [0.5, 0.6) is 17.2 Å². The summed E-state index contributed by atoms with van der Waals surface area (Å²) in [5, 5.41) is 2.88. The Balaban J connectivity index is 1.93. The fourth-order valence-corrected chi connectivity index (χ4v) is 2.38. The van der Waals surface area contributed by atoms with E-state index in [9.17, 15) is 4.79 Å². The molecule has 0 saturated heterocycles. The molecular formula is C20H26N2O4. The van der Waals surface area contributed by atoms with Crippen molar-refractivity contribution in [1.82, 2.24) is 4.90 Å². The van der Waals surface area contributed by atoms with Gasteiger partial charge in [-0.15, -0.1) is 0 Å². The van der Waals surface area contributed by atoms with Crippen molar-refractivity contribution >= 4 is 11.6 Å². The lowest BCUT2D eigenvalue weighted by molar-refractivity contribution is -0.115. The molecule has 0 heterocycles. The van der Waals surface area contributed by atoms with Gasteiger partial charge in [0.05, 0.1) is 20.6 Å². The highest BCUT2D eigenvalue weighted by Gasteiger charge is 2.11. The van der Waals surface area contributed by atoms with Crippen molar-refractivity contribution in [2.75, 3.05) is 46.8 Å². The molecule has 2 rings (SSSR count). The fraction of sp³-hybridized carbons (Fsp3) is 0.350. The average Bonchev–Trinajstić information content (AvgIpc) is 2.62. The van der Waals surface area contributed by atoms with Crippen LogP contribution < -0.4 is 19.5 Å². The van der Waals surface area contributed by atoms with Gasteiger partial charge in [0.1, 0.15) is 23.9 Å². The van der Waals surface area contributed by atoms with Gasteiger partial charge in [-0.05, 0) is 56.6 Å². The van der Waals surface area contributed by atoms with Crippen LogP contribution in [0.4, 0.5) is 5.69 Å². The molecule has 0 aliphatic carbocycles. The third-order valence-corrected chi connectivity index (χ3v) is 3.78. The zero-order valence-electron chi connectivity index (χ0n) is 15.7. The van der Waals surface area contributed by atoms with Gasteiger partial charge in [0.25, 0.3) is 0 Å². The molecule has 1 amide bonds. The predicted octanol–water partition coefficient (Wildman–Crippen LogP) is 2.83. The van der Waals surface area contributed by atoms with E-state index in [2.05, 4.69) is 10.2 Å². The lowest BCUT2D eigenvalue weighted by atomic mass is 10.1. The van der Waals surface area contributed by atoms with Crippen molar-refractivity contribution in [3.8, 4) is 17.2 Å². The summed E-state index contributed by atoms with van der Waals surface area (Å²) < 4.78 is 16.2. The Morgan fingerprint density at radius 1 is 1.00 bits per heavy atom. The highest BCUT2D eigenvalue weighted by molar-refractivity contribution is 5.92. The fourth-order valence-electron chi connectivity index (χ4n) is 2.38. The van der Waals surface area contributed by atoms with Gasteiger partial charge in [0, 0.05) is 17.8 Å². The van der Waals surface area contributed by atoms with E-state index in [1.54, 1.807) is 32.4 Å². The van der Waals surface area contributed by atoms with Crippen molar-refractivity contribution in [3.05, 3.63) is 48.0 Å². The highest BCUT2D eigenvalue weighted by Crippen LogP contribution is 2.25. The SMILES string of the molecule is COc1ccc(OC)c(CC(=O)Nc2ccc(OCCN(C)C)cc2)c1. The molecule has 0 aliphatic heterocycles. The van der Waals surface area contributed by atoms with Crippen LogP contribution in [-0.2, 0) is 11.2 Å². The number of nitrogens with one attached hydrogen (secondary N) is 1. The molecule has 0 unspecified atom stereocenters. The van der Waals surface area contributed by atoms with Crippen LogP contribution in [0.25, 0.3) is 0 Å². The minimum Gasteiger partial charge on any atom is -0.497 e. The highest BCUT2D eigenvalue weighted by atomic mass is 16.5. The van der Waals surface area contributed by atoms with Crippen molar-refractivity contribution in [3.63, 3.8) is 0 Å². The summed E-state index contributed by atoms with van der Waals surface area (Å²) in [5.74, 6) is 2.00. The Kier molecular flexibility index (Phi) is 7.29. The van der Waals surface area contributed by atoms with Crippen LogP contribution in [0.2, 0.25) is 0 Å². The molecule has 0 atom stereocenters. The van der Waals surface area contributed by atoms with Crippen LogP contribution in [0.15, 0.2) is 42.5 Å². The first-order valence-corrected chi connectivity index (χ1v) is 8.40. The smallest absolute Gasteiger partial charge is 0.228 e. The summed E-state index contributed by atoms with van der Waals surface area (Å²) in [6.45, 7) is 1.47. The summed E-state index contributed by atoms with van der Waals surface area (Å²) in [5.41, 5.74) is 1.49. The standard InChI is InChI=1S/C20H26N2O4/c1-22(2)11-12-26-17-7-5-16(6-8-17)21-20(23)14-15-13-18(24-3)9-10-19(15)25-4/h5-10,13H,11-12,14H2,1-4H3,(H,21,23). The number of amides is 1. The number of likely N-dealkylation sites (N-methyl/N-ethyl adjacent to an activating group) is 1. The summed E-state index contributed by atoms with van der Waals surface area (Å²) >= 11 is 0. The van der Waals surface area contributed by atoms with Gasteiger partial charge >= 0.3 is 0 Å². The van der Waals surface area contributed by atoms with Gasteiger partial charge in [-0.3, -0.25) is 4.79 Å². The number of rotatable bonds is 9. The second kappa shape index (κ2) is 9.68. The molecule has 26 heavy (non-hydrogen) atoms. The molecule has 0 aromatic heterocycles. The van der Waals surface area contributed by atoms with E-state index in [0.717, 1.165) is 23.5 Å². The molecule has 1 N–H and O–H groups in total. The third kappa shape index (κ3) is 5.97. The Morgan fingerprint density at radius 2 is 1.69 bits per heavy atom. The van der Waals surface area contributed by atoms with Gasteiger partial charge in [0.15, 0.2) is 0 Å². The normalized spacial score (nSPS) is 10.5. The number of benzene rings is 2. The largest absolute Gasteiger partial charge is 0.497 e. The predicted molar refractivity (Wildman–Crippen MR) is 102 cm³/mol. The molecule has 0 bridgehead atoms. The maximum atomic E-state index is 12.3. The number of methoxy groups -OCH3 is 2. The first-order chi connectivity index (χ1) is 12.5. The minimum atomic E-state index is -0.127. The summed E-state index contributed by atoms with van der Waals surface area (Å²) in [6, 6.07) is 12.7. The monoisotopic (exact) mass is 358 g/mol. The first-order valence-electron chi connectivity index (χ1n) is 8.40. The Labute approximate surface area is 154 Å². The van der Waals surface area contributed by atoms with E-state index < -0.39 is 0 Å². The van der Waals surface area contributed by atoms with Gasteiger partial charge in [-0.25, -0.2) is 0 Å². The van der Waals surface area contributed by atoms with Crippen molar-refractivity contribution < 1.29 is 19.0 Å². The molecule has 6 nitrogen and oxygen atoms in total. The zero-order chi connectivity index (χ0) is 18.9. The van der Waals surface area contributed by atoms with Crippen LogP contribution in [-0.4, -0.2) is 52.3 Å². The molecule has 0 spiro atoms. The minimum absolute atomic E-state index is 0.127. The summed E-state index contributed by atoms with van der Waals surface area (Å²) in [7, 11) is 7.17. The molecule has 0 aliphatic rings. The molecule has 0 saturated carbocycles. The second-order valence-corrected chi connectivity index (χ2v) is 6.08.